The SMILES string of the molecule is NNc1cccnc1S(=O)(=O)NCCN1CCOCC1. The molecule has 0 atom stereocenters. The summed E-state index contributed by atoms with van der Waals surface area (Å²) in [6.07, 6.45) is 1.41. The number of nitrogens with one attached hydrogen (secondary N) is 2. The summed E-state index contributed by atoms with van der Waals surface area (Å²) in [5.41, 5.74) is 2.60. The molecular formula is C11H19N5O3S. The Morgan fingerprint density at radius 2 is 2.15 bits per heavy atom. The number of nitrogen functional groups attached to an aromatic ring is 1. The molecular weight excluding hydrogens is 282 g/mol. The van der Waals surface area contributed by atoms with Gasteiger partial charge in [-0.2, -0.15) is 0 Å². The summed E-state index contributed by atoms with van der Waals surface area (Å²) in [7, 11) is -3.67. The Hall–Kier alpha value is -1.26. The van der Waals surface area contributed by atoms with Crippen LogP contribution in [-0.4, -0.2) is 57.7 Å². The molecule has 0 spiro atoms. The minimum absolute atomic E-state index is 0.0931. The Bertz CT molecular complexity index is 531. The predicted molar refractivity (Wildman–Crippen MR) is 74.5 cm³/mol. The van der Waals surface area contributed by atoms with E-state index in [1.54, 1.807) is 12.1 Å². The fourth-order valence-corrected chi connectivity index (χ4v) is 3.06. The molecule has 1 aliphatic rings. The van der Waals surface area contributed by atoms with Gasteiger partial charge in [0.1, 0.15) is 0 Å². The van der Waals surface area contributed by atoms with Crippen molar-refractivity contribution in [2.75, 3.05) is 44.8 Å². The van der Waals surface area contributed by atoms with E-state index >= 15 is 0 Å². The van der Waals surface area contributed by atoms with Crippen LogP contribution in [0.3, 0.4) is 0 Å². The zero-order valence-corrected chi connectivity index (χ0v) is 11.9. The molecule has 1 aliphatic heterocycles. The quantitative estimate of drug-likeness (QED) is 0.455. The standard InChI is InChI=1S/C11H19N5O3S/c12-15-10-2-1-3-13-11(10)20(17,18)14-4-5-16-6-8-19-9-7-16/h1-3,14-15H,4-9,12H2. The van der Waals surface area contributed by atoms with Crippen molar-refractivity contribution in [3.8, 4) is 0 Å². The molecule has 2 rings (SSSR count). The van der Waals surface area contributed by atoms with Gasteiger partial charge in [-0.3, -0.25) is 10.7 Å². The topological polar surface area (TPSA) is 110 Å². The van der Waals surface area contributed by atoms with Gasteiger partial charge < -0.3 is 10.2 Å². The van der Waals surface area contributed by atoms with Gasteiger partial charge in [-0.05, 0) is 12.1 Å². The van der Waals surface area contributed by atoms with Gasteiger partial charge in [-0.1, -0.05) is 0 Å². The molecule has 0 bridgehead atoms. The number of sulfonamides is 1. The Morgan fingerprint density at radius 1 is 1.40 bits per heavy atom. The van der Waals surface area contributed by atoms with Crippen molar-refractivity contribution in [3.05, 3.63) is 18.3 Å². The minimum Gasteiger partial charge on any atom is -0.379 e. The van der Waals surface area contributed by atoms with E-state index in [0.29, 0.717) is 26.3 Å². The van der Waals surface area contributed by atoms with Crippen LogP contribution < -0.4 is 16.0 Å². The molecule has 1 aromatic heterocycles. The van der Waals surface area contributed by atoms with Crippen molar-refractivity contribution < 1.29 is 13.2 Å². The molecule has 0 unspecified atom stereocenters. The molecule has 20 heavy (non-hydrogen) atoms. The molecule has 0 radical (unpaired) electrons. The largest absolute Gasteiger partial charge is 0.379 e. The smallest absolute Gasteiger partial charge is 0.260 e. The number of pyridine rings is 1. The Kier molecular flexibility index (Phi) is 5.26. The monoisotopic (exact) mass is 301 g/mol. The normalized spacial score (nSPS) is 17.1. The van der Waals surface area contributed by atoms with Crippen molar-refractivity contribution >= 4 is 15.7 Å². The Labute approximate surface area is 118 Å². The number of morpholine rings is 1. The van der Waals surface area contributed by atoms with Gasteiger partial charge in [0.15, 0.2) is 5.03 Å². The first-order valence-electron chi connectivity index (χ1n) is 6.35. The highest BCUT2D eigenvalue weighted by atomic mass is 32.2. The predicted octanol–water partition coefficient (Wildman–Crippen LogP) is -1.02. The second-order valence-corrected chi connectivity index (χ2v) is 6.03. The summed E-state index contributed by atoms with van der Waals surface area (Å²) in [6.45, 7) is 3.98. The van der Waals surface area contributed by atoms with Gasteiger partial charge in [0, 0.05) is 32.4 Å². The van der Waals surface area contributed by atoms with Gasteiger partial charge in [0.25, 0.3) is 10.0 Å². The van der Waals surface area contributed by atoms with E-state index in [0.717, 1.165) is 13.1 Å². The average Bonchev–Trinajstić information content (AvgIpc) is 2.48. The molecule has 0 aromatic carbocycles. The molecule has 0 amide bonds. The zero-order valence-electron chi connectivity index (χ0n) is 11.1. The van der Waals surface area contributed by atoms with Crippen molar-refractivity contribution in [2.45, 2.75) is 5.03 Å². The first-order valence-corrected chi connectivity index (χ1v) is 7.83. The lowest BCUT2D eigenvalue weighted by Crippen LogP contribution is -2.41. The molecule has 1 fully saturated rings. The third-order valence-corrected chi connectivity index (χ3v) is 4.42. The highest BCUT2D eigenvalue weighted by molar-refractivity contribution is 7.89. The number of aromatic nitrogens is 1. The molecule has 2 heterocycles. The van der Waals surface area contributed by atoms with Crippen LogP contribution in [0.4, 0.5) is 5.69 Å². The fourth-order valence-electron chi connectivity index (χ4n) is 1.95. The van der Waals surface area contributed by atoms with Crippen LogP contribution in [0.1, 0.15) is 0 Å². The summed E-state index contributed by atoms with van der Waals surface area (Å²) in [5.74, 6) is 5.29. The number of ether oxygens (including phenoxy) is 1. The number of nitrogens with zero attached hydrogens (tertiary/aromatic N) is 2. The highest BCUT2D eigenvalue weighted by Gasteiger charge is 2.20. The first-order chi connectivity index (χ1) is 9.63. The summed E-state index contributed by atoms with van der Waals surface area (Å²) in [6, 6.07) is 3.17. The maximum atomic E-state index is 12.1. The molecule has 1 saturated heterocycles. The number of nitrogens with two attached hydrogens (primary N) is 1. The number of hydrogen-bond donors (Lipinski definition) is 3. The lowest BCUT2D eigenvalue weighted by molar-refractivity contribution is 0.0390. The van der Waals surface area contributed by atoms with E-state index in [1.807, 2.05) is 0 Å². The number of anilines is 1. The summed E-state index contributed by atoms with van der Waals surface area (Å²) >= 11 is 0. The summed E-state index contributed by atoms with van der Waals surface area (Å²) in [5, 5.41) is -0.0931. The average molecular weight is 301 g/mol. The van der Waals surface area contributed by atoms with Crippen LogP contribution in [0.25, 0.3) is 0 Å². The van der Waals surface area contributed by atoms with Gasteiger partial charge in [-0.25, -0.2) is 18.1 Å². The molecule has 1 aromatic rings. The van der Waals surface area contributed by atoms with Gasteiger partial charge in [0.2, 0.25) is 0 Å². The van der Waals surface area contributed by atoms with E-state index in [-0.39, 0.29) is 10.7 Å². The maximum absolute atomic E-state index is 12.1. The molecule has 9 heteroatoms. The lowest BCUT2D eigenvalue weighted by atomic mass is 10.4. The molecule has 4 N–H and O–H groups in total. The Balaban J connectivity index is 1.93. The lowest BCUT2D eigenvalue weighted by Gasteiger charge is -2.26. The van der Waals surface area contributed by atoms with Gasteiger partial charge in [-0.15, -0.1) is 0 Å². The van der Waals surface area contributed by atoms with Crippen LogP contribution in [0.2, 0.25) is 0 Å². The molecule has 0 saturated carbocycles. The van der Waals surface area contributed by atoms with Gasteiger partial charge in [0.05, 0.1) is 18.9 Å². The van der Waals surface area contributed by atoms with Gasteiger partial charge >= 0.3 is 0 Å². The number of hydrazine groups is 1. The van der Waals surface area contributed by atoms with Crippen LogP contribution in [0, 0.1) is 0 Å². The third kappa shape index (κ3) is 3.87. The summed E-state index contributed by atoms with van der Waals surface area (Å²) < 4.78 is 32.0. The molecule has 0 aliphatic carbocycles. The molecule has 8 nitrogen and oxygen atoms in total. The van der Waals surface area contributed by atoms with Crippen LogP contribution in [-0.2, 0) is 14.8 Å². The highest BCUT2D eigenvalue weighted by Crippen LogP contribution is 2.15. The van der Waals surface area contributed by atoms with Crippen molar-refractivity contribution in [1.29, 1.82) is 0 Å². The fraction of sp³-hybridized carbons (Fsp3) is 0.545. The third-order valence-electron chi connectivity index (χ3n) is 3.01. The Morgan fingerprint density at radius 3 is 2.85 bits per heavy atom. The van der Waals surface area contributed by atoms with E-state index in [4.69, 9.17) is 10.6 Å². The van der Waals surface area contributed by atoms with E-state index in [1.165, 1.54) is 6.20 Å². The maximum Gasteiger partial charge on any atom is 0.260 e. The van der Waals surface area contributed by atoms with Crippen molar-refractivity contribution in [2.24, 2.45) is 5.84 Å². The second kappa shape index (κ2) is 6.95. The first kappa shape index (κ1) is 15.1. The zero-order chi connectivity index (χ0) is 14.4. The van der Waals surface area contributed by atoms with E-state index in [9.17, 15) is 8.42 Å². The number of hydrogen-bond acceptors (Lipinski definition) is 7. The van der Waals surface area contributed by atoms with Crippen LogP contribution in [0.5, 0.6) is 0 Å². The van der Waals surface area contributed by atoms with Crippen molar-refractivity contribution in [1.82, 2.24) is 14.6 Å². The van der Waals surface area contributed by atoms with Crippen molar-refractivity contribution in [3.63, 3.8) is 0 Å². The molecule has 112 valence electrons. The number of rotatable bonds is 6. The summed E-state index contributed by atoms with van der Waals surface area (Å²) in [4.78, 5) is 6.01. The second-order valence-electron chi connectivity index (χ2n) is 4.35. The van der Waals surface area contributed by atoms with Crippen LogP contribution >= 0.6 is 0 Å². The van der Waals surface area contributed by atoms with E-state index in [2.05, 4.69) is 20.0 Å². The minimum atomic E-state index is -3.67. The van der Waals surface area contributed by atoms with Crippen LogP contribution in [0.15, 0.2) is 23.4 Å². The van der Waals surface area contributed by atoms with E-state index < -0.39 is 10.0 Å².